The maximum Gasteiger partial charge on any atom is 0.317 e. The zero-order valence-electron chi connectivity index (χ0n) is 15.9. The largest absolute Gasteiger partial charge is 0.333 e. The molecule has 1 heterocycles. The van der Waals surface area contributed by atoms with E-state index in [0.717, 1.165) is 37.0 Å². The summed E-state index contributed by atoms with van der Waals surface area (Å²) in [6.07, 6.45) is 7.79. The topological polar surface area (TPSA) is 66.5 Å². The number of sulfone groups is 1. The molecule has 1 aliphatic heterocycles. The molecule has 1 aromatic rings. The highest BCUT2D eigenvalue weighted by Crippen LogP contribution is 2.55. The van der Waals surface area contributed by atoms with Crippen LogP contribution in [0.4, 0.5) is 4.79 Å². The molecule has 1 saturated heterocycles. The zero-order valence-corrected chi connectivity index (χ0v) is 17.5. The highest BCUT2D eigenvalue weighted by molar-refractivity contribution is 7.92. The second kappa shape index (κ2) is 6.63. The third-order valence-electron chi connectivity index (χ3n) is 7.42. The van der Waals surface area contributed by atoms with Gasteiger partial charge in [0.1, 0.15) is 0 Å². The van der Waals surface area contributed by atoms with Crippen molar-refractivity contribution in [1.82, 2.24) is 10.2 Å². The van der Waals surface area contributed by atoms with Crippen molar-refractivity contribution in [3.63, 3.8) is 0 Å². The Morgan fingerprint density at radius 2 is 1.61 bits per heavy atom. The molecule has 4 saturated carbocycles. The SMILES string of the molecule is O=C(NC12CC3CC(CC(C3)C1)C2)N1CCC(S(=O)(=O)c2ccc(Cl)cc2)C1. The summed E-state index contributed by atoms with van der Waals surface area (Å²) in [4.78, 5) is 15.0. The van der Waals surface area contributed by atoms with Crippen molar-refractivity contribution < 1.29 is 13.2 Å². The summed E-state index contributed by atoms with van der Waals surface area (Å²) >= 11 is 5.88. The fourth-order valence-electron chi connectivity index (χ4n) is 6.55. The first-order valence-electron chi connectivity index (χ1n) is 10.4. The van der Waals surface area contributed by atoms with E-state index >= 15 is 0 Å². The summed E-state index contributed by atoms with van der Waals surface area (Å²) in [5.74, 6) is 2.30. The van der Waals surface area contributed by atoms with Crippen LogP contribution in [-0.2, 0) is 9.84 Å². The number of halogens is 1. The molecular weight excluding hydrogens is 396 g/mol. The number of rotatable bonds is 3. The van der Waals surface area contributed by atoms with Gasteiger partial charge in [0.15, 0.2) is 9.84 Å². The molecule has 1 N–H and O–H groups in total. The molecule has 1 atom stereocenters. The van der Waals surface area contributed by atoms with Gasteiger partial charge < -0.3 is 10.2 Å². The number of hydrogen-bond donors (Lipinski definition) is 1. The Labute approximate surface area is 171 Å². The third-order valence-corrected chi connectivity index (χ3v) is 9.87. The number of carbonyl (C=O) groups excluding carboxylic acids is 1. The van der Waals surface area contributed by atoms with Crippen molar-refractivity contribution in [1.29, 1.82) is 0 Å². The normalized spacial score (nSPS) is 36.7. The Hall–Kier alpha value is -1.27. The van der Waals surface area contributed by atoms with Crippen molar-refractivity contribution in [2.45, 2.75) is 60.6 Å². The quantitative estimate of drug-likeness (QED) is 0.804. The van der Waals surface area contributed by atoms with Crippen molar-refractivity contribution >= 4 is 27.5 Å². The molecule has 2 amide bonds. The molecule has 28 heavy (non-hydrogen) atoms. The maximum atomic E-state index is 13.0. The van der Waals surface area contributed by atoms with E-state index in [1.165, 1.54) is 19.3 Å². The van der Waals surface area contributed by atoms with E-state index in [-0.39, 0.29) is 23.0 Å². The third kappa shape index (κ3) is 3.22. The first-order valence-corrected chi connectivity index (χ1v) is 12.3. The molecule has 0 spiro atoms. The van der Waals surface area contributed by atoms with Crippen molar-refractivity contribution in [3.05, 3.63) is 29.3 Å². The summed E-state index contributed by atoms with van der Waals surface area (Å²) in [7, 11) is -3.46. The van der Waals surface area contributed by atoms with Crippen molar-refractivity contribution in [2.75, 3.05) is 13.1 Å². The van der Waals surface area contributed by atoms with Crippen LogP contribution in [0.1, 0.15) is 44.9 Å². The van der Waals surface area contributed by atoms with Gasteiger partial charge in [0.2, 0.25) is 0 Å². The number of carbonyl (C=O) groups is 1. The molecule has 1 aromatic carbocycles. The van der Waals surface area contributed by atoms with Crippen LogP contribution in [-0.4, -0.2) is 43.2 Å². The minimum Gasteiger partial charge on any atom is -0.333 e. The van der Waals surface area contributed by atoms with Crippen LogP contribution in [0.25, 0.3) is 0 Å². The molecule has 4 bridgehead atoms. The average molecular weight is 423 g/mol. The predicted octanol–water partition coefficient (Wildman–Crippen LogP) is 3.87. The van der Waals surface area contributed by atoms with Crippen LogP contribution >= 0.6 is 11.6 Å². The van der Waals surface area contributed by atoms with E-state index in [9.17, 15) is 13.2 Å². The highest BCUT2D eigenvalue weighted by atomic mass is 35.5. The zero-order chi connectivity index (χ0) is 19.5. The van der Waals surface area contributed by atoms with Gasteiger partial charge in [0.05, 0.1) is 10.1 Å². The standard InChI is InChI=1S/C21H27ClN2O3S/c22-17-1-3-18(4-2-17)28(26,27)19-5-6-24(13-19)20(25)23-21-10-14-7-15(11-21)9-16(8-14)12-21/h1-4,14-16,19H,5-13H2,(H,23,25). The van der Waals surface area contributed by atoms with E-state index in [2.05, 4.69) is 5.32 Å². The van der Waals surface area contributed by atoms with Gasteiger partial charge in [0.25, 0.3) is 0 Å². The number of nitrogens with one attached hydrogen (secondary N) is 1. The summed E-state index contributed by atoms with van der Waals surface area (Å²) in [5, 5.41) is 3.33. The molecule has 7 heteroatoms. The molecule has 6 rings (SSSR count). The second-order valence-electron chi connectivity index (χ2n) is 9.48. The van der Waals surface area contributed by atoms with Gasteiger partial charge in [-0.1, -0.05) is 11.6 Å². The lowest BCUT2D eigenvalue weighted by Gasteiger charge is -2.57. The molecule has 0 aromatic heterocycles. The molecule has 1 unspecified atom stereocenters. The van der Waals surface area contributed by atoms with Gasteiger partial charge in [-0.15, -0.1) is 0 Å². The first-order chi connectivity index (χ1) is 13.3. The van der Waals surface area contributed by atoms with Crippen molar-refractivity contribution in [3.8, 4) is 0 Å². The number of urea groups is 1. The number of benzene rings is 1. The van der Waals surface area contributed by atoms with E-state index in [1.807, 2.05) is 0 Å². The molecule has 5 fully saturated rings. The predicted molar refractivity (Wildman–Crippen MR) is 108 cm³/mol. The van der Waals surface area contributed by atoms with Crippen LogP contribution in [0.5, 0.6) is 0 Å². The maximum absolute atomic E-state index is 13.0. The average Bonchev–Trinajstić information content (AvgIpc) is 3.11. The number of nitrogens with zero attached hydrogens (tertiary/aromatic N) is 1. The van der Waals surface area contributed by atoms with Gasteiger partial charge in [-0.3, -0.25) is 0 Å². The molecular formula is C21H27ClN2O3S. The monoisotopic (exact) mass is 422 g/mol. The molecule has 4 aliphatic carbocycles. The van der Waals surface area contributed by atoms with Crippen LogP contribution in [0, 0.1) is 17.8 Å². The van der Waals surface area contributed by atoms with Gasteiger partial charge in [-0.05, 0) is 87.0 Å². The van der Waals surface area contributed by atoms with Gasteiger partial charge in [-0.2, -0.15) is 0 Å². The molecule has 5 aliphatic rings. The Morgan fingerprint density at radius 1 is 1.04 bits per heavy atom. The Balaban J connectivity index is 1.26. The van der Waals surface area contributed by atoms with E-state index in [1.54, 1.807) is 29.2 Å². The lowest BCUT2D eigenvalue weighted by molar-refractivity contribution is -0.0153. The van der Waals surface area contributed by atoms with E-state index in [0.29, 0.717) is 18.0 Å². The summed E-state index contributed by atoms with van der Waals surface area (Å²) < 4.78 is 25.8. The smallest absolute Gasteiger partial charge is 0.317 e. The minimum absolute atomic E-state index is 0.0427. The molecule has 5 nitrogen and oxygen atoms in total. The Bertz CT molecular complexity index is 848. The summed E-state index contributed by atoms with van der Waals surface area (Å²) in [6.45, 7) is 0.763. The minimum atomic E-state index is -3.46. The Morgan fingerprint density at radius 3 is 2.18 bits per heavy atom. The van der Waals surface area contributed by atoms with E-state index < -0.39 is 15.1 Å². The van der Waals surface area contributed by atoms with Gasteiger partial charge in [-0.25, -0.2) is 13.2 Å². The number of likely N-dealkylation sites (tertiary alicyclic amines) is 1. The van der Waals surface area contributed by atoms with E-state index in [4.69, 9.17) is 11.6 Å². The number of amides is 2. The number of hydrogen-bond acceptors (Lipinski definition) is 3. The lowest BCUT2D eigenvalue weighted by Crippen LogP contribution is -2.61. The van der Waals surface area contributed by atoms with Crippen LogP contribution < -0.4 is 5.32 Å². The highest BCUT2D eigenvalue weighted by Gasteiger charge is 2.52. The van der Waals surface area contributed by atoms with Crippen LogP contribution in [0.3, 0.4) is 0 Å². The van der Waals surface area contributed by atoms with Crippen molar-refractivity contribution in [2.24, 2.45) is 17.8 Å². The summed E-state index contributed by atoms with van der Waals surface area (Å²) in [6, 6.07) is 6.23. The molecule has 0 radical (unpaired) electrons. The summed E-state index contributed by atoms with van der Waals surface area (Å²) in [5.41, 5.74) is -0.0427. The van der Waals surface area contributed by atoms with Crippen LogP contribution in [0.15, 0.2) is 29.2 Å². The fourth-order valence-corrected chi connectivity index (χ4v) is 8.37. The molecule has 152 valence electrons. The van der Waals surface area contributed by atoms with Crippen LogP contribution in [0.2, 0.25) is 5.02 Å². The first kappa shape index (κ1) is 18.7. The lowest BCUT2D eigenvalue weighted by atomic mass is 9.53. The van der Waals surface area contributed by atoms with Gasteiger partial charge >= 0.3 is 6.03 Å². The Kier molecular flexibility index (Phi) is 4.43. The fraction of sp³-hybridized carbons (Fsp3) is 0.667. The van der Waals surface area contributed by atoms with Gasteiger partial charge in [0, 0.05) is 23.7 Å². The second-order valence-corrected chi connectivity index (χ2v) is 12.1.